The van der Waals surface area contributed by atoms with Gasteiger partial charge >= 0.3 is 5.97 Å². The summed E-state index contributed by atoms with van der Waals surface area (Å²) in [5.74, 6) is 1.10. The number of ether oxygens (including phenoxy) is 1. The van der Waals surface area contributed by atoms with E-state index in [4.69, 9.17) is 21.5 Å². The van der Waals surface area contributed by atoms with E-state index >= 15 is 0 Å². The fourth-order valence-corrected chi connectivity index (χ4v) is 7.05. The van der Waals surface area contributed by atoms with Gasteiger partial charge in [0.25, 0.3) is 0 Å². The third kappa shape index (κ3) is 3.48. The van der Waals surface area contributed by atoms with Crippen LogP contribution >= 0.6 is 11.6 Å². The van der Waals surface area contributed by atoms with Crippen molar-refractivity contribution in [1.82, 2.24) is 0 Å². The fraction of sp³-hybridized carbons (Fsp3) is 0.600. The zero-order valence-electron chi connectivity index (χ0n) is 15.7. The van der Waals surface area contributed by atoms with Gasteiger partial charge in [-0.25, -0.2) is 18.4 Å². The molecule has 0 radical (unpaired) electrons. The molecule has 0 unspecified atom stereocenters. The first kappa shape index (κ1) is 19.9. The van der Waals surface area contributed by atoms with E-state index in [1.807, 2.05) is 0 Å². The van der Waals surface area contributed by atoms with Gasteiger partial charge in [0.2, 0.25) is 10.0 Å². The van der Waals surface area contributed by atoms with Crippen molar-refractivity contribution in [2.75, 3.05) is 0 Å². The molecule has 8 heteroatoms. The normalized spacial score (nSPS) is 32.2. The van der Waals surface area contributed by atoms with Crippen molar-refractivity contribution >= 4 is 33.4 Å². The number of ketones is 1. The second-order valence-corrected chi connectivity index (χ2v) is 10.7. The van der Waals surface area contributed by atoms with Crippen LogP contribution in [-0.2, 0) is 19.6 Å². The van der Waals surface area contributed by atoms with Gasteiger partial charge in [-0.2, -0.15) is 0 Å². The molecule has 1 aromatic carbocycles. The minimum atomic E-state index is -4.07. The second kappa shape index (κ2) is 6.82. The third-order valence-corrected chi connectivity index (χ3v) is 8.08. The molecule has 4 fully saturated rings. The van der Waals surface area contributed by atoms with E-state index in [9.17, 15) is 18.0 Å². The smallest absolute Gasteiger partial charge is 0.338 e. The number of Topliss-reactive ketones (excluding diaryl/α,β-unsaturated/α-hetero) is 1. The first-order valence-electron chi connectivity index (χ1n) is 9.65. The summed E-state index contributed by atoms with van der Waals surface area (Å²) in [4.78, 5) is 25.4. The van der Waals surface area contributed by atoms with Gasteiger partial charge in [0.05, 0.1) is 10.6 Å². The lowest BCUT2D eigenvalue weighted by Gasteiger charge is -2.56. The third-order valence-electron chi connectivity index (χ3n) is 6.69. The summed E-state index contributed by atoms with van der Waals surface area (Å²) in [5, 5.41) is 5.05. The van der Waals surface area contributed by atoms with Gasteiger partial charge < -0.3 is 4.74 Å². The highest BCUT2D eigenvalue weighted by Gasteiger charge is 2.55. The summed E-state index contributed by atoms with van der Waals surface area (Å²) in [6, 6.07) is 3.73. The average Bonchev–Trinajstić information content (AvgIpc) is 2.59. The Morgan fingerprint density at radius 2 is 1.68 bits per heavy atom. The molecule has 152 valence electrons. The Balaban J connectivity index is 1.50. The van der Waals surface area contributed by atoms with Gasteiger partial charge in [-0.15, -0.1) is 0 Å². The number of hydrogen-bond acceptors (Lipinski definition) is 5. The Morgan fingerprint density at radius 3 is 2.18 bits per heavy atom. The predicted molar refractivity (Wildman–Crippen MR) is 103 cm³/mol. The van der Waals surface area contributed by atoms with E-state index in [-0.39, 0.29) is 26.7 Å². The van der Waals surface area contributed by atoms with Crippen LogP contribution in [0.2, 0.25) is 5.02 Å². The molecular weight excluding hydrogens is 402 g/mol. The lowest BCUT2D eigenvalue weighted by Crippen LogP contribution is -2.52. The lowest BCUT2D eigenvalue weighted by atomic mass is 9.48. The number of benzene rings is 1. The van der Waals surface area contributed by atoms with Crippen LogP contribution in [0.5, 0.6) is 0 Å². The number of hydrogen-bond donors (Lipinski definition) is 1. The molecule has 0 aromatic heterocycles. The molecule has 2 N–H and O–H groups in total. The number of carbonyl (C=O) groups is 2. The first-order chi connectivity index (χ1) is 13.1. The Morgan fingerprint density at radius 1 is 1.14 bits per heavy atom. The van der Waals surface area contributed by atoms with Crippen LogP contribution in [-0.4, -0.2) is 26.3 Å². The quantitative estimate of drug-likeness (QED) is 0.728. The van der Waals surface area contributed by atoms with Gasteiger partial charge in [0.1, 0.15) is 4.90 Å². The molecule has 4 bridgehead atoms. The molecule has 6 nitrogen and oxygen atoms in total. The molecule has 0 aliphatic heterocycles. The maximum absolute atomic E-state index is 13.2. The van der Waals surface area contributed by atoms with Gasteiger partial charge in [0.15, 0.2) is 11.9 Å². The summed E-state index contributed by atoms with van der Waals surface area (Å²) in [6.45, 7) is 1.61. The van der Waals surface area contributed by atoms with Crippen molar-refractivity contribution < 1.29 is 22.7 Å². The summed E-state index contributed by atoms with van der Waals surface area (Å²) < 4.78 is 28.6. The molecule has 0 spiro atoms. The van der Waals surface area contributed by atoms with Crippen molar-refractivity contribution in [1.29, 1.82) is 0 Å². The average molecular weight is 426 g/mol. The Hall–Kier alpha value is -1.44. The van der Waals surface area contributed by atoms with Crippen LogP contribution in [0.25, 0.3) is 0 Å². The highest BCUT2D eigenvalue weighted by atomic mass is 35.5. The SMILES string of the molecule is C[C@@H](OC(=O)c1ccc(Cl)c(S(N)(=O)=O)c1)C(=O)C12CC3CC(CC(C3)C1)C2. The lowest BCUT2D eigenvalue weighted by molar-refractivity contribution is -0.152. The van der Waals surface area contributed by atoms with E-state index in [1.165, 1.54) is 31.4 Å². The molecule has 5 rings (SSSR count). The monoisotopic (exact) mass is 425 g/mol. The number of esters is 1. The topological polar surface area (TPSA) is 104 Å². The zero-order valence-corrected chi connectivity index (χ0v) is 17.3. The van der Waals surface area contributed by atoms with Crippen LogP contribution in [0, 0.1) is 23.2 Å². The molecule has 1 aromatic rings. The first-order valence-corrected chi connectivity index (χ1v) is 11.6. The van der Waals surface area contributed by atoms with Crippen molar-refractivity contribution in [3.05, 3.63) is 28.8 Å². The number of primary sulfonamides is 1. The van der Waals surface area contributed by atoms with E-state index < -0.39 is 22.1 Å². The highest BCUT2D eigenvalue weighted by Crippen LogP contribution is 2.60. The Bertz CT molecular complexity index is 907. The summed E-state index contributed by atoms with van der Waals surface area (Å²) in [5.41, 5.74) is -0.362. The molecular formula is C20H24ClNO5S. The minimum Gasteiger partial charge on any atom is -0.451 e. The van der Waals surface area contributed by atoms with Crippen LogP contribution in [0.4, 0.5) is 0 Å². The summed E-state index contributed by atoms with van der Waals surface area (Å²) in [7, 11) is -4.07. The van der Waals surface area contributed by atoms with Gasteiger partial charge in [-0.05, 0) is 81.4 Å². The molecule has 4 aliphatic carbocycles. The van der Waals surface area contributed by atoms with Crippen LogP contribution < -0.4 is 5.14 Å². The summed E-state index contributed by atoms with van der Waals surface area (Å²) >= 11 is 5.85. The van der Waals surface area contributed by atoms with Gasteiger partial charge in [-0.3, -0.25) is 4.79 Å². The maximum atomic E-state index is 13.2. The van der Waals surface area contributed by atoms with Crippen LogP contribution in [0.3, 0.4) is 0 Å². The highest BCUT2D eigenvalue weighted by molar-refractivity contribution is 7.89. The maximum Gasteiger partial charge on any atom is 0.338 e. The van der Waals surface area contributed by atoms with E-state index in [1.54, 1.807) is 6.92 Å². The van der Waals surface area contributed by atoms with Crippen LogP contribution in [0.15, 0.2) is 23.1 Å². The fourth-order valence-electron chi connectivity index (χ4n) is 5.97. The van der Waals surface area contributed by atoms with Gasteiger partial charge in [0, 0.05) is 5.41 Å². The molecule has 4 saturated carbocycles. The summed E-state index contributed by atoms with van der Waals surface area (Å²) in [6.07, 6.45) is 5.49. The van der Waals surface area contributed by atoms with E-state index in [2.05, 4.69) is 0 Å². The van der Waals surface area contributed by atoms with Crippen molar-refractivity contribution in [3.63, 3.8) is 0 Å². The van der Waals surface area contributed by atoms with Crippen LogP contribution in [0.1, 0.15) is 55.8 Å². The molecule has 28 heavy (non-hydrogen) atoms. The minimum absolute atomic E-state index is 0.000540. The van der Waals surface area contributed by atoms with Crippen molar-refractivity contribution in [2.24, 2.45) is 28.3 Å². The van der Waals surface area contributed by atoms with Crippen molar-refractivity contribution in [2.45, 2.75) is 56.4 Å². The number of rotatable bonds is 5. The molecule has 1 atom stereocenters. The largest absolute Gasteiger partial charge is 0.451 e. The number of carbonyl (C=O) groups excluding carboxylic acids is 2. The van der Waals surface area contributed by atoms with Gasteiger partial charge in [-0.1, -0.05) is 11.6 Å². The van der Waals surface area contributed by atoms with Crippen molar-refractivity contribution in [3.8, 4) is 0 Å². The van der Waals surface area contributed by atoms with E-state index in [0.29, 0.717) is 17.8 Å². The standard InChI is InChI=1S/C20H24ClNO5S/c1-11(18(23)20-8-12-4-13(9-20)6-14(5-12)10-20)27-19(24)15-2-3-16(21)17(7-15)28(22,25)26/h2-3,7,11-14H,4-6,8-10H2,1H3,(H2,22,25,26)/t11-,12?,13?,14?,20?/m1/s1. The Kier molecular flexibility index (Phi) is 4.83. The predicted octanol–water partition coefficient (Wildman–Crippen LogP) is 3.32. The molecule has 0 heterocycles. The Labute approximate surface area is 169 Å². The number of halogens is 1. The number of sulfonamides is 1. The molecule has 0 saturated heterocycles. The molecule has 0 amide bonds. The zero-order chi connectivity index (χ0) is 20.3. The van der Waals surface area contributed by atoms with E-state index in [0.717, 1.165) is 25.3 Å². The number of nitrogens with two attached hydrogens (primary N) is 1. The molecule has 4 aliphatic rings. The second-order valence-electron chi connectivity index (χ2n) is 8.80.